The molecule has 2 aliphatic heterocycles. The number of piperazine rings is 1. The number of carbonyl (C=O) groups is 1. The van der Waals surface area contributed by atoms with Crippen LogP contribution in [0.5, 0.6) is 0 Å². The van der Waals surface area contributed by atoms with E-state index in [-0.39, 0.29) is 36.0 Å². The monoisotopic (exact) mass is 418 g/mol. The van der Waals surface area contributed by atoms with Gasteiger partial charge in [-0.25, -0.2) is 8.42 Å². The van der Waals surface area contributed by atoms with Crippen LogP contribution in [0.15, 0.2) is 42.5 Å². The van der Waals surface area contributed by atoms with Gasteiger partial charge in [-0.2, -0.15) is 0 Å². The fraction of sp³-hybridized carbons (Fsp3) is 0.381. The maximum absolute atomic E-state index is 13.1. The second-order valence-corrected chi connectivity index (χ2v) is 10.4. The summed E-state index contributed by atoms with van der Waals surface area (Å²) in [7, 11) is -3.20. The first kappa shape index (κ1) is 19.4. The largest absolute Gasteiger partial charge is 0.306 e. The fourth-order valence-electron chi connectivity index (χ4n) is 4.17. The Hall–Kier alpha value is -1.89. The molecular weight excluding hydrogens is 396 g/mol. The van der Waals surface area contributed by atoms with E-state index in [0.29, 0.717) is 11.6 Å². The molecule has 2 saturated heterocycles. The molecule has 0 bridgehead atoms. The summed E-state index contributed by atoms with van der Waals surface area (Å²) in [4.78, 5) is 16.8. The summed E-state index contributed by atoms with van der Waals surface area (Å²) in [6.07, 6.45) is 0. The standard InChI is InChI=1S/C21H23ClN2O3S/c1-14-3-8-18(9-15(14)2)24-20-13-28(26,27)12-19(20)23(11-21(24)25)10-16-4-6-17(22)7-5-16/h3-9,19-20H,10-13H2,1-2H3/t19-,20+/m1/s1. The van der Waals surface area contributed by atoms with Crippen molar-refractivity contribution in [1.29, 1.82) is 0 Å². The Balaban J connectivity index is 1.67. The highest BCUT2D eigenvalue weighted by atomic mass is 35.5. The SMILES string of the molecule is Cc1ccc(N2C(=O)CN(Cc3ccc(Cl)cc3)[C@@H]3CS(=O)(=O)C[C@@H]32)cc1C. The van der Waals surface area contributed by atoms with Gasteiger partial charge in [0, 0.05) is 23.3 Å². The number of halogens is 1. The lowest BCUT2D eigenvalue weighted by Gasteiger charge is -2.43. The number of sulfone groups is 1. The van der Waals surface area contributed by atoms with E-state index in [1.807, 2.05) is 61.2 Å². The lowest BCUT2D eigenvalue weighted by atomic mass is 10.0. The van der Waals surface area contributed by atoms with Gasteiger partial charge >= 0.3 is 0 Å². The van der Waals surface area contributed by atoms with E-state index < -0.39 is 9.84 Å². The van der Waals surface area contributed by atoms with Crippen LogP contribution in [-0.2, 0) is 21.2 Å². The van der Waals surface area contributed by atoms with Crippen molar-refractivity contribution in [2.24, 2.45) is 0 Å². The van der Waals surface area contributed by atoms with E-state index >= 15 is 0 Å². The molecule has 0 aromatic heterocycles. The van der Waals surface area contributed by atoms with Crippen LogP contribution in [0.1, 0.15) is 16.7 Å². The van der Waals surface area contributed by atoms with E-state index in [4.69, 9.17) is 11.6 Å². The molecule has 0 spiro atoms. The Labute approximate surface area is 170 Å². The smallest absolute Gasteiger partial charge is 0.241 e. The Morgan fingerprint density at radius 1 is 1.00 bits per heavy atom. The predicted octanol–water partition coefficient (Wildman–Crippen LogP) is 2.97. The zero-order valence-corrected chi connectivity index (χ0v) is 17.5. The molecule has 0 unspecified atom stereocenters. The number of fused-ring (bicyclic) bond motifs is 1. The van der Waals surface area contributed by atoms with Gasteiger partial charge in [0.2, 0.25) is 5.91 Å². The van der Waals surface area contributed by atoms with Gasteiger partial charge in [-0.1, -0.05) is 29.8 Å². The molecule has 7 heteroatoms. The lowest BCUT2D eigenvalue weighted by Crippen LogP contribution is -2.61. The molecule has 5 nitrogen and oxygen atoms in total. The number of rotatable bonds is 3. The van der Waals surface area contributed by atoms with Crippen molar-refractivity contribution in [2.45, 2.75) is 32.5 Å². The van der Waals surface area contributed by atoms with E-state index in [1.165, 1.54) is 0 Å². The molecule has 148 valence electrons. The van der Waals surface area contributed by atoms with Crippen LogP contribution in [0.25, 0.3) is 0 Å². The van der Waals surface area contributed by atoms with Crippen LogP contribution >= 0.6 is 11.6 Å². The van der Waals surface area contributed by atoms with Crippen LogP contribution in [0.4, 0.5) is 5.69 Å². The van der Waals surface area contributed by atoms with Crippen molar-refractivity contribution >= 4 is 33.0 Å². The third kappa shape index (κ3) is 3.69. The number of benzene rings is 2. The normalized spacial score (nSPS) is 24.4. The molecule has 2 aliphatic rings. The number of hydrogen-bond acceptors (Lipinski definition) is 4. The molecule has 0 N–H and O–H groups in total. The Bertz CT molecular complexity index is 1020. The minimum atomic E-state index is -3.20. The van der Waals surface area contributed by atoms with E-state index in [2.05, 4.69) is 0 Å². The van der Waals surface area contributed by atoms with E-state index in [0.717, 1.165) is 22.4 Å². The molecular formula is C21H23ClN2O3S. The van der Waals surface area contributed by atoms with Crippen LogP contribution in [-0.4, -0.2) is 49.4 Å². The van der Waals surface area contributed by atoms with Crippen molar-refractivity contribution in [3.63, 3.8) is 0 Å². The molecule has 0 radical (unpaired) electrons. The van der Waals surface area contributed by atoms with Crippen LogP contribution < -0.4 is 4.90 Å². The molecule has 0 aliphatic carbocycles. The van der Waals surface area contributed by atoms with Gasteiger partial charge in [0.1, 0.15) is 0 Å². The highest BCUT2D eigenvalue weighted by molar-refractivity contribution is 7.91. The average Bonchev–Trinajstić information content (AvgIpc) is 2.95. The first-order valence-electron chi connectivity index (χ1n) is 9.32. The zero-order valence-electron chi connectivity index (χ0n) is 15.9. The summed E-state index contributed by atoms with van der Waals surface area (Å²) < 4.78 is 24.9. The van der Waals surface area contributed by atoms with Crippen molar-refractivity contribution in [2.75, 3.05) is 23.0 Å². The van der Waals surface area contributed by atoms with E-state index in [9.17, 15) is 13.2 Å². The molecule has 2 aromatic rings. The first-order chi connectivity index (χ1) is 13.2. The number of nitrogens with zero attached hydrogens (tertiary/aromatic N) is 2. The second kappa shape index (κ2) is 7.17. The van der Waals surface area contributed by atoms with Gasteiger partial charge in [-0.3, -0.25) is 9.69 Å². The summed E-state index contributed by atoms with van der Waals surface area (Å²) in [6, 6.07) is 12.8. The van der Waals surface area contributed by atoms with Gasteiger partial charge in [0.25, 0.3) is 0 Å². The Kier molecular flexibility index (Phi) is 4.98. The fourth-order valence-corrected chi connectivity index (χ4v) is 6.27. The van der Waals surface area contributed by atoms with Gasteiger partial charge in [0.05, 0.1) is 24.1 Å². The van der Waals surface area contributed by atoms with Crippen LogP contribution in [0, 0.1) is 13.8 Å². The molecule has 4 rings (SSSR count). The van der Waals surface area contributed by atoms with Crippen molar-refractivity contribution in [1.82, 2.24) is 4.90 Å². The van der Waals surface area contributed by atoms with Gasteiger partial charge in [-0.15, -0.1) is 0 Å². The summed E-state index contributed by atoms with van der Waals surface area (Å²) >= 11 is 5.96. The molecule has 2 fully saturated rings. The lowest BCUT2D eigenvalue weighted by molar-refractivity contribution is -0.123. The quantitative estimate of drug-likeness (QED) is 0.768. The molecule has 0 saturated carbocycles. The van der Waals surface area contributed by atoms with Gasteiger partial charge in [-0.05, 0) is 54.8 Å². The second-order valence-electron chi connectivity index (χ2n) is 7.78. The molecule has 1 amide bonds. The predicted molar refractivity (Wildman–Crippen MR) is 111 cm³/mol. The topological polar surface area (TPSA) is 57.7 Å². The first-order valence-corrected chi connectivity index (χ1v) is 11.5. The highest BCUT2D eigenvalue weighted by Crippen LogP contribution is 2.33. The maximum atomic E-state index is 13.1. The van der Waals surface area contributed by atoms with Crippen molar-refractivity contribution in [3.05, 3.63) is 64.2 Å². The Morgan fingerprint density at radius 3 is 2.36 bits per heavy atom. The number of carbonyl (C=O) groups excluding carboxylic acids is 1. The minimum absolute atomic E-state index is 0.00739. The molecule has 2 atom stereocenters. The summed E-state index contributed by atoms with van der Waals surface area (Å²) in [6.45, 7) is 4.75. The van der Waals surface area contributed by atoms with Crippen LogP contribution in [0.2, 0.25) is 5.02 Å². The number of anilines is 1. The van der Waals surface area contributed by atoms with E-state index in [1.54, 1.807) is 4.90 Å². The van der Waals surface area contributed by atoms with Crippen molar-refractivity contribution < 1.29 is 13.2 Å². The third-order valence-corrected chi connectivity index (χ3v) is 7.72. The molecule has 2 aromatic carbocycles. The zero-order chi connectivity index (χ0) is 20.1. The van der Waals surface area contributed by atoms with Gasteiger partial charge in [0.15, 0.2) is 9.84 Å². The average molecular weight is 419 g/mol. The minimum Gasteiger partial charge on any atom is -0.306 e. The van der Waals surface area contributed by atoms with Crippen molar-refractivity contribution in [3.8, 4) is 0 Å². The highest BCUT2D eigenvalue weighted by Gasteiger charge is 2.49. The van der Waals surface area contributed by atoms with Gasteiger partial charge < -0.3 is 4.90 Å². The third-order valence-electron chi connectivity index (χ3n) is 5.77. The molecule has 28 heavy (non-hydrogen) atoms. The molecule has 2 heterocycles. The number of aryl methyl sites for hydroxylation is 2. The van der Waals surface area contributed by atoms with Crippen LogP contribution in [0.3, 0.4) is 0 Å². The number of amides is 1. The number of hydrogen-bond donors (Lipinski definition) is 0. The summed E-state index contributed by atoms with van der Waals surface area (Å²) in [5.74, 6) is 0.0309. The maximum Gasteiger partial charge on any atom is 0.241 e. The summed E-state index contributed by atoms with van der Waals surface area (Å²) in [5, 5.41) is 0.653. The Morgan fingerprint density at radius 2 is 1.68 bits per heavy atom. The summed E-state index contributed by atoms with van der Waals surface area (Å²) in [5.41, 5.74) is 4.03.